The second-order valence-corrected chi connectivity index (χ2v) is 11.8. The van der Waals surface area contributed by atoms with Gasteiger partial charge in [0.1, 0.15) is 24.9 Å². The topological polar surface area (TPSA) is 214 Å². The summed E-state index contributed by atoms with van der Waals surface area (Å²) in [5, 5.41) is 41.3. The predicted molar refractivity (Wildman–Crippen MR) is 144 cm³/mol. The van der Waals surface area contributed by atoms with E-state index >= 15 is 0 Å². The molecule has 15 nitrogen and oxygen atoms in total. The van der Waals surface area contributed by atoms with Crippen molar-refractivity contribution in [1.82, 2.24) is 0 Å². The summed E-state index contributed by atoms with van der Waals surface area (Å²) in [6.07, 6.45) is -12.8. The Balaban J connectivity index is 2.57. The van der Waals surface area contributed by atoms with Gasteiger partial charge in [0.2, 0.25) is 12.1 Å². The van der Waals surface area contributed by atoms with E-state index in [9.17, 15) is 39.6 Å². The Morgan fingerprint density at radius 1 is 0.767 bits per heavy atom. The van der Waals surface area contributed by atoms with Crippen LogP contribution in [-0.2, 0) is 52.3 Å². The highest BCUT2D eigenvalue weighted by Gasteiger charge is 2.62. The molecule has 2 fully saturated rings. The van der Waals surface area contributed by atoms with Gasteiger partial charge in [0.15, 0.2) is 24.4 Å². The highest BCUT2D eigenvalue weighted by atomic mass is 16.8. The zero-order chi connectivity index (χ0) is 32.6. The molecule has 0 aromatic carbocycles. The van der Waals surface area contributed by atoms with E-state index in [-0.39, 0.29) is 24.7 Å². The van der Waals surface area contributed by atoms with Crippen LogP contribution in [0.25, 0.3) is 0 Å². The Morgan fingerprint density at radius 2 is 1.33 bits per heavy atom. The minimum Gasteiger partial charge on any atom is -0.455 e. The first-order chi connectivity index (χ1) is 20.1. The van der Waals surface area contributed by atoms with Crippen LogP contribution in [0.4, 0.5) is 0 Å². The van der Waals surface area contributed by atoms with Crippen molar-refractivity contribution in [2.75, 3.05) is 19.8 Å². The molecule has 2 aliphatic rings. The molecule has 0 aromatic heterocycles. The molecule has 0 radical (unpaired) electrons. The predicted octanol–water partition coefficient (Wildman–Crippen LogP) is -0.424. The molecule has 0 saturated carbocycles. The molecule has 15 heteroatoms. The van der Waals surface area contributed by atoms with Crippen molar-refractivity contribution in [3.8, 4) is 0 Å². The standard InChI is InChI=1S/C28H46O15/c1-13(2)8-19(33)39-22-18(11-30)38-27(24(37-16(7)32)23(22)41-26(36)15(5)6)43-28(12-31)25(21(35)17(10-29)42-28)40-20(34)9-14(3)4/h13-15,17-18,21-25,27,29-31,35H,8-12H2,1-7H3/t17-,18-,21-,22-,23+,24-,25+,27-,28+/m0/s1. The molecule has 2 rings (SSSR count). The average Bonchev–Trinajstić information content (AvgIpc) is 3.16. The Bertz CT molecular complexity index is 952. The lowest BCUT2D eigenvalue weighted by Crippen LogP contribution is -2.65. The molecule has 4 N–H and O–H groups in total. The van der Waals surface area contributed by atoms with Gasteiger partial charge in [-0.3, -0.25) is 19.2 Å². The second-order valence-electron chi connectivity index (χ2n) is 11.8. The van der Waals surface area contributed by atoms with Gasteiger partial charge in [0.25, 0.3) is 0 Å². The van der Waals surface area contributed by atoms with Gasteiger partial charge in [-0.2, -0.15) is 0 Å². The first-order valence-electron chi connectivity index (χ1n) is 14.4. The number of aliphatic hydroxyl groups is 4. The number of carbonyl (C=O) groups is 4. The molecule has 0 bridgehead atoms. The van der Waals surface area contributed by atoms with Crippen molar-refractivity contribution >= 4 is 23.9 Å². The molecule has 2 aliphatic heterocycles. The first-order valence-corrected chi connectivity index (χ1v) is 14.4. The van der Waals surface area contributed by atoms with Gasteiger partial charge < -0.3 is 53.6 Å². The molecule has 2 saturated heterocycles. The number of hydrogen-bond acceptors (Lipinski definition) is 15. The Morgan fingerprint density at radius 3 is 1.79 bits per heavy atom. The smallest absolute Gasteiger partial charge is 0.308 e. The summed E-state index contributed by atoms with van der Waals surface area (Å²) in [4.78, 5) is 50.3. The summed E-state index contributed by atoms with van der Waals surface area (Å²) in [6.45, 7) is 8.59. The summed E-state index contributed by atoms with van der Waals surface area (Å²) >= 11 is 0. The number of esters is 4. The van der Waals surface area contributed by atoms with Gasteiger partial charge >= 0.3 is 23.9 Å². The Kier molecular flexibility index (Phi) is 13.7. The van der Waals surface area contributed by atoms with Crippen molar-refractivity contribution in [2.24, 2.45) is 17.8 Å². The van der Waals surface area contributed by atoms with Crippen LogP contribution in [-0.4, -0.2) is 119 Å². The van der Waals surface area contributed by atoms with Crippen LogP contribution in [0.3, 0.4) is 0 Å². The van der Waals surface area contributed by atoms with Crippen LogP contribution in [0, 0.1) is 17.8 Å². The number of ether oxygens (including phenoxy) is 7. The summed E-state index contributed by atoms with van der Waals surface area (Å²) in [7, 11) is 0. The van der Waals surface area contributed by atoms with Crippen molar-refractivity contribution in [3.63, 3.8) is 0 Å². The molecule has 0 spiro atoms. The summed E-state index contributed by atoms with van der Waals surface area (Å²) in [6, 6.07) is 0. The molecule has 2 heterocycles. The zero-order valence-corrected chi connectivity index (χ0v) is 25.7. The quantitative estimate of drug-likeness (QED) is 0.143. The van der Waals surface area contributed by atoms with Gasteiger partial charge in [-0.1, -0.05) is 41.5 Å². The van der Waals surface area contributed by atoms with Crippen LogP contribution < -0.4 is 0 Å². The third-order valence-electron chi connectivity index (χ3n) is 6.66. The van der Waals surface area contributed by atoms with Gasteiger partial charge in [-0.05, 0) is 11.8 Å². The molecular formula is C28H46O15. The average molecular weight is 623 g/mol. The van der Waals surface area contributed by atoms with E-state index in [4.69, 9.17) is 33.2 Å². The maximum Gasteiger partial charge on any atom is 0.308 e. The third-order valence-corrected chi connectivity index (χ3v) is 6.66. The summed E-state index contributed by atoms with van der Waals surface area (Å²) in [5.41, 5.74) is 0. The van der Waals surface area contributed by atoms with Crippen molar-refractivity contribution in [2.45, 2.75) is 116 Å². The normalized spacial score (nSPS) is 32.6. The number of carbonyl (C=O) groups excluding carboxylic acids is 4. The molecule has 0 aliphatic carbocycles. The van der Waals surface area contributed by atoms with Gasteiger partial charge in [0.05, 0.1) is 19.1 Å². The molecule has 0 unspecified atom stereocenters. The maximum atomic E-state index is 12.8. The van der Waals surface area contributed by atoms with Crippen molar-refractivity contribution in [3.05, 3.63) is 0 Å². The van der Waals surface area contributed by atoms with E-state index in [1.165, 1.54) is 0 Å². The second kappa shape index (κ2) is 16.1. The van der Waals surface area contributed by atoms with Crippen LogP contribution >= 0.6 is 0 Å². The third kappa shape index (κ3) is 9.54. The molecule has 0 amide bonds. The van der Waals surface area contributed by atoms with Gasteiger partial charge in [-0.25, -0.2) is 0 Å². The number of aliphatic hydroxyl groups excluding tert-OH is 4. The summed E-state index contributed by atoms with van der Waals surface area (Å²) in [5.74, 6) is -6.41. The fourth-order valence-electron chi connectivity index (χ4n) is 4.65. The van der Waals surface area contributed by atoms with E-state index < -0.39 is 104 Å². The lowest BCUT2D eigenvalue weighted by atomic mass is 9.97. The minimum atomic E-state index is -2.38. The fourth-order valence-corrected chi connectivity index (χ4v) is 4.65. The highest BCUT2D eigenvalue weighted by Crippen LogP contribution is 2.39. The Hall–Kier alpha value is -2.40. The van der Waals surface area contributed by atoms with E-state index in [2.05, 4.69) is 0 Å². The lowest BCUT2D eigenvalue weighted by Gasteiger charge is -2.46. The maximum absolute atomic E-state index is 12.8. The highest BCUT2D eigenvalue weighted by molar-refractivity contribution is 5.72. The fraction of sp³-hybridized carbons (Fsp3) is 0.857. The lowest BCUT2D eigenvalue weighted by molar-refractivity contribution is -0.384. The minimum absolute atomic E-state index is 0.0248. The van der Waals surface area contributed by atoms with Crippen LogP contribution in [0.15, 0.2) is 0 Å². The van der Waals surface area contributed by atoms with E-state index in [0.717, 1.165) is 6.92 Å². The first kappa shape index (κ1) is 36.8. The molecule has 0 aromatic rings. The van der Waals surface area contributed by atoms with E-state index in [0.29, 0.717) is 0 Å². The number of hydrogen-bond donors (Lipinski definition) is 4. The van der Waals surface area contributed by atoms with E-state index in [1.807, 2.05) is 0 Å². The van der Waals surface area contributed by atoms with Crippen LogP contribution in [0.5, 0.6) is 0 Å². The largest absolute Gasteiger partial charge is 0.455 e. The van der Waals surface area contributed by atoms with Gasteiger partial charge in [0, 0.05) is 19.8 Å². The SMILES string of the molecule is CC(=O)O[C@@H]1[C@H](O[C@@]2(CO)O[C@@H](CO)[C@H](O)[C@H]2OC(=O)CC(C)C)O[C@@H](CO)[C@H](OC(=O)CC(C)C)[C@H]1OC(=O)C(C)C. The van der Waals surface area contributed by atoms with Crippen LogP contribution in [0.2, 0.25) is 0 Å². The Labute approximate surface area is 250 Å². The summed E-state index contributed by atoms with van der Waals surface area (Å²) < 4.78 is 39.6. The van der Waals surface area contributed by atoms with Crippen molar-refractivity contribution < 1.29 is 72.8 Å². The van der Waals surface area contributed by atoms with Gasteiger partial charge in [-0.15, -0.1) is 0 Å². The molecule has 9 atom stereocenters. The van der Waals surface area contributed by atoms with E-state index in [1.54, 1.807) is 41.5 Å². The molecule has 43 heavy (non-hydrogen) atoms. The number of rotatable bonds is 14. The molecular weight excluding hydrogens is 576 g/mol. The monoisotopic (exact) mass is 622 g/mol. The molecule has 248 valence electrons. The zero-order valence-electron chi connectivity index (χ0n) is 25.7. The van der Waals surface area contributed by atoms with Crippen molar-refractivity contribution in [1.29, 1.82) is 0 Å². The van der Waals surface area contributed by atoms with Crippen LogP contribution in [0.1, 0.15) is 61.3 Å².